The highest BCUT2D eigenvalue weighted by molar-refractivity contribution is 5.18. The van der Waals surface area contributed by atoms with Crippen molar-refractivity contribution < 1.29 is 9.84 Å². The van der Waals surface area contributed by atoms with Crippen LogP contribution in [0.3, 0.4) is 0 Å². The van der Waals surface area contributed by atoms with Gasteiger partial charge in [-0.2, -0.15) is 0 Å². The van der Waals surface area contributed by atoms with Crippen LogP contribution in [0.4, 0.5) is 0 Å². The van der Waals surface area contributed by atoms with E-state index >= 15 is 0 Å². The number of hydrogen-bond acceptors (Lipinski definition) is 4. The van der Waals surface area contributed by atoms with Gasteiger partial charge in [0.25, 0.3) is 0 Å². The Balaban J connectivity index is 1.88. The lowest BCUT2D eigenvalue weighted by molar-refractivity contribution is -0.0885. The van der Waals surface area contributed by atoms with Gasteiger partial charge in [0.1, 0.15) is 5.82 Å². The van der Waals surface area contributed by atoms with E-state index in [1.54, 1.807) is 0 Å². The van der Waals surface area contributed by atoms with Crippen LogP contribution in [-0.2, 0) is 10.2 Å². The number of hydrogen-bond donors (Lipinski definition) is 1. The molecule has 1 aromatic heterocycles. The van der Waals surface area contributed by atoms with Crippen LogP contribution in [-0.4, -0.2) is 34.9 Å². The van der Waals surface area contributed by atoms with E-state index in [2.05, 4.69) is 9.97 Å². The van der Waals surface area contributed by atoms with Crippen LogP contribution < -0.4 is 0 Å². The monoisotopic (exact) mass is 234 g/mol. The molecule has 0 radical (unpaired) electrons. The fourth-order valence-corrected chi connectivity index (χ4v) is 2.72. The van der Waals surface area contributed by atoms with Gasteiger partial charge >= 0.3 is 0 Å². The molecule has 3 rings (SSSR count). The van der Waals surface area contributed by atoms with Gasteiger partial charge in [0.15, 0.2) is 0 Å². The van der Waals surface area contributed by atoms with Gasteiger partial charge < -0.3 is 9.84 Å². The van der Waals surface area contributed by atoms with Crippen LogP contribution in [0.5, 0.6) is 0 Å². The molecule has 1 aliphatic heterocycles. The van der Waals surface area contributed by atoms with Crippen molar-refractivity contribution in [1.29, 1.82) is 0 Å². The molecule has 17 heavy (non-hydrogen) atoms. The number of nitrogens with zero attached hydrogens (tertiary/aromatic N) is 2. The molecule has 4 heteroatoms. The van der Waals surface area contributed by atoms with Gasteiger partial charge in [-0.1, -0.05) is 12.8 Å². The first-order valence-electron chi connectivity index (χ1n) is 6.36. The Morgan fingerprint density at radius 3 is 2.71 bits per heavy atom. The van der Waals surface area contributed by atoms with E-state index < -0.39 is 0 Å². The van der Waals surface area contributed by atoms with Crippen molar-refractivity contribution in [2.45, 2.75) is 37.0 Å². The maximum Gasteiger partial charge on any atom is 0.141 e. The molecule has 4 nitrogen and oxygen atoms in total. The molecule has 2 heterocycles. The zero-order chi connectivity index (χ0) is 11.7. The number of ether oxygens (including phenoxy) is 1. The molecule has 0 spiro atoms. The molecule has 1 N–H and O–H groups in total. The predicted octanol–water partition coefficient (Wildman–Crippen LogP) is 1.39. The minimum atomic E-state index is -0.339. The summed E-state index contributed by atoms with van der Waals surface area (Å²) < 4.78 is 5.21. The third-order valence-corrected chi connectivity index (χ3v) is 3.98. The standard InChI is InChI=1S/C13H18N2O2/c16-7-13(8-17-9-13)12-14-6-5-11(15-12)10-3-1-2-4-10/h5-6,10,16H,1-4,7-9H2. The number of aliphatic hydroxyl groups is 1. The molecule has 0 aromatic carbocycles. The molecule has 1 saturated heterocycles. The van der Waals surface area contributed by atoms with Crippen LogP contribution in [0, 0.1) is 0 Å². The normalized spacial score (nSPS) is 23.6. The van der Waals surface area contributed by atoms with Gasteiger partial charge in [-0.05, 0) is 18.9 Å². The maximum atomic E-state index is 9.49. The van der Waals surface area contributed by atoms with Gasteiger partial charge in [0.05, 0.1) is 25.2 Å². The van der Waals surface area contributed by atoms with Crippen molar-refractivity contribution in [1.82, 2.24) is 9.97 Å². The summed E-state index contributed by atoms with van der Waals surface area (Å²) in [6.45, 7) is 1.15. The molecule has 0 bridgehead atoms. The van der Waals surface area contributed by atoms with E-state index in [0.29, 0.717) is 19.1 Å². The minimum absolute atomic E-state index is 0.0706. The molecule has 2 fully saturated rings. The van der Waals surface area contributed by atoms with Crippen molar-refractivity contribution in [3.63, 3.8) is 0 Å². The number of aromatic nitrogens is 2. The van der Waals surface area contributed by atoms with Crippen molar-refractivity contribution in [3.8, 4) is 0 Å². The average Bonchev–Trinajstić information content (AvgIpc) is 2.82. The molecule has 1 aromatic rings. The van der Waals surface area contributed by atoms with Gasteiger partial charge in [-0.25, -0.2) is 9.97 Å². The molecule has 0 unspecified atom stereocenters. The lowest BCUT2D eigenvalue weighted by Gasteiger charge is -2.38. The van der Waals surface area contributed by atoms with Crippen LogP contribution >= 0.6 is 0 Å². The fourth-order valence-electron chi connectivity index (χ4n) is 2.72. The van der Waals surface area contributed by atoms with E-state index in [1.807, 2.05) is 12.3 Å². The lowest BCUT2D eigenvalue weighted by atomic mass is 9.85. The van der Waals surface area contributed by atoms with Crippen molar-refractivity contribution in [2.24, 2.45) is 0 Å². The summed E-state index contributed by atoms with van der Waals surface area (Å²) >= 11 is 0. The van der Waals surface area contributed by atoms with E-state index in [1.165, 1.54) is 25.7 Å². The molecule has 2 aliphatic rings. The number of aliphatic hydroxyl groups excluding tert-OH is 1. The van der Waals surface area contributed by atoms with Crippen LogP contribution in [0.15, 0.2) is 12.3 Å². The topological polar surface area (TPSA) is 55.2 Å². The Labute approximate surface area is 101 Å². The molecule has 1 aliphatic carbocycles. The third kappa shape index (κ3) is 1.85. The highest BCUT2D eigenvalue weighted by Gasteiger charge is 2.43. The first kappa shape index (κ1) is 11.1. The second-order valence-corrected chi connectivity index (χ2v) is 5.22. The van der Waals surface area contributed by atoms with Crippen LogP contribution in [0.25, 0.3) is 0 Å². The summed E-state index contributed by atoms with van der Waals surface area (Å²) in [4.78, 5) is 8.99. The summed E-state index contributed by atoms with van der Waals surface area (Å²) in [5, 5.41) is 9.49. The quantitative estimate of drug-likeness (QED) is 0.858. The molecule has 1 saturated carbocycles. The molecular weight excluding hydrogens is 216 g/mol. The van der Waals surface area contributed by atoms with E-state index in [0.717, 1.165) is 11.5 Å². The highest BCUT2D eigenvalue weighted by atomic mass is 16.5. The fraction of sp³-hybridized carbons (Fsp3) is 0.692. The largest absolute Gasteiger partial charge is 0.395 e. The highest BCUT2D eigenvalue weighted by Crippen LogP contribution is 2.35. The SMILES string of the molecule is OCC1(c2nccc(C3CCCC3)n2)COC1. The average molecular weight is 234 g/mol. The molecule has 92 valence electrons. The second kappa shape index (κ2) is 4.35. The van der Waals surface area contributed by atoms with E-state index in [4.69, 9.17) is 4.74 Å². The Morgan fingerprint density at radius 1 is 1.35 bits per heavy atom. The molecule has 0 amide bonds. The van der Waals surface area contributed by atoms with Crippen molar-refractivity contribution >= 4 is 0 Å². The summed E-state index contributed by atoms with van der Waals surface area (Å²) in [6.07, 6.45) is 6.90. The zero-order valence-electron chi connectivity index (χ0n) is 9.93. The Morgan fingerprint density at radius 2 is 2.12 bits per heavy atom. The van der Waals surface area contributed by atoms with E-state index in [9.17, 15) is 5.11 Å². The van der Waals surface area contributed by atoms with Crippen molar-refractivity contribution in [3.05, 3.63) is 23.8 Å². The summed E-state index contributed by atoms with van der Waals surface area (Å²) in [5.41, 5.74) is 0.807. The maximum absolute atomic E-state index is 9.49. The second-order valence-electron chi connectivity index (χ2n) is 5.22. The minimum Gasteiger partial charge on any atom is -0.395 e. The Hall–Kier alpha value is -1.00. The first-order chi connectivity index (χ1) is 8.34. The third-order valence-electron chi connectivity index (χ3n) is 3.98. The van der Waals surface area contributed by atoms with Crippen molar-refractivity contribution in [2.75, 3.05) is 19.8 Å². The summed E-state index contributed by atoms with van der Waals surface area (Å²) in [6, 6.07) is 2.02. The molecule has 0 atom stereocenters. The zero-order valence-corrected chi connectivity index (χ0v) is 9.93. The smallest absolute Gasteiger partial charge is 0.141 e. The van der Waals surface area contributed by atoms with Gasteiger partial charge in [0, 0.05) is 17.8 Å². The summed E-state index contributed by atoms with van der Waals surface area (Å²) in [5.74, 6) is 1.35. The van der Waals surface area contributed by atoms with Gasteiger partial charge in [0.2, 0.25) is 0 Å². The van der Waals surface area contributed by atoms with Crippen LogP contribution in [0.1, 0.15) is 43.1 Å². The molecular formula is C13H18N2O2. The van der Waals surface area contributed by atoms with E-state index in [-0.39, 0.29) is 12.0 Å². The van der Waals surface area contributed by atoms with Gasteiger partial charge in [-0.15, -0.1) is 0 Å². The Kier molecular flexibility index (Phi) is 2.84. The van der Waals surface area contributed by atoms with Gasteiger partial charge in [-0.3, -0.25) is 0 Å². The lowest BCUT2D eigenvalue weighted by Crippen LogP contribution is -2.51. The van der Waals surface area contributed by atoms with Crippen LogP contribution in [0.2, 0.25) is 0 Å². The predicted molar refractivity (Wildman–Crippen MR) is 62.8 cm³/mol. The summed E-state index contributed by atoms with van der Waals surface area (Å²) in [7, 11) is 0. The Bertz CT molecular complexity index is 393. The first-order valence-corrected chi connectivity index (χ1v) is 6.36. The number of rotatable bonds is 3.